The number of halogens is 2. The monoisotopic (exact) mass is 359 g/mol. The summed E-state index contributed by atoms with van der Waals surface area (Å²) in [5.74, 6) is 0. The number of hydrogen-bond acceptors (Lipinski definition) is 1. The lowest BCUT2D eigenvalue weighted by molar-refractivity contribution is 0.608. The summed E-state index contributed by atoms with van der Waals surface area (Å²) in [6.07, 6.45) is 3.40. The van der Waals surface area contributed by atoms with Gasteiger partial charge in [0.1, 0.15) is 0 Å². The van der Waals surface area contributed by atoms with E-state index in [2.05, 4.69) is 76.2 Å². The Morgan fingerprint density at radius 2 is 2.06 bits per heavy atom. The van der Waals surface area contributed by atoms with Gasteiger partial charge in [-0.2, -0.15) is 0 Å². The van der Waals surface area contributed by atoms with E-state index in [-0.39, 0.29) is 6.04 Å². The fraction of sp³-hybridized carbons (Fsp3) is 0.429. The van der Waals surface area contributed by atoms with Crippen LogP contribution in [-0.4, -0.2) is 6.54 Å². The van der Waals surface area contributed by atoms with Crippen LogP contribution >= 0.6 is 31.9 Å². The maximum absolute atomic E-state index is 3.62. The van der Waals surface area contributed by atoms with Crippen LogP contribution in [0.25, 0.3) is 0 Å². The number of rotatable bonds is 5. The molecule has 1 unspecified atom stereocenters. The van der Waals surface area contributed by atoms with Crippen molar-refractivity contribution in [2.45, 2.75) is 33.2 Å². The molecular weight excluding hydrogens is 342 g/mol. The minimum Gasteiger partial charge on any atom is -0.307 e. The van der Waals surface area contributed by atoms with Crippen LogP contribution in [0.2, 0.25) is 0 Å². The lowest BCUT2D eigenvalue weighted by atomic mass is 10.0. The Hall–Kier alpha value is -0.120. The van der Waals surface area contributed by atoms with Gasteiger partial charge in [0.05, 0.1) is 6.04 Å². The van der Waals surface area contributed by atoms with Crippen LogP contribution in [-0.2, 0) is 0 Å². The molecule has 0 heterocycles. The number of nitrogens with one attached hydrogen (secondary N) is 1. The Balaban J connectivity index is 3.03. The zero-order chi connectivity index (χ0) is 12.8. The van der Waals surface area contributed by atoms with Gasteiger partial charge in [0.25, 0.3) is 0 Å². The number of benzene rings is 1. The van der Waals surface area contributed by atoms with Crippen LogP contribution in [0.4, 0.5) is 0 Å². The molecule has 3 heteroatoms. The molecule has 0 spiro atoms. The standard InChI is InChI=1S/C14H19Br2N/c1-4-7-17-14(8-10(2)3)12-9-11(15)5-6-13(12)16/h5-6,8-9,14,17H,4,7H2,1-3H3. The lowest BCUT2D eigenvalue weighted by Gasteiger charge is -2.18. The topological polar surface area (TPSA) is 12.0 Å². The van der Waals surface area contributed by atoms with Crippen molar-refractivity contribution in [2.75, 3.05) is 6.54 Å². The molecule has 1 atom stereocenters. The first-order valence-corrected chi connectivity index (χ1v) is 7.46. The van der Waals surface area contributed by atoms with E-state index in [0.717, 1.165) is 21.9 Å². The molecule has 1 aromatic carbocycles. The summed E-state index contributed by atoms with van der Waals surface area (Å²) < 4.78 is 2.26. The van der Waals surface area contributed by atoms with Gasteiger partial charge in [-0.15, -0.1) is 0 Å². The maximum Gasteiger partial charge on any atom is 0.0520 e. The zero-order valence-corrected chi connectivity index (χ0v) is 13.7. The summed E-state index contributed by atoms with van der Waals surface area (Å²) in [5, 5.41) is 3.56. The van der Waals surface area contributed by atoms with Gasteiger partial charge in [-0.3, -0.25) is 0 Å². The Kier molecular flexibility index (Phi) is 6.45. The minimum absolute atomic E-state index is 0.270. The highest BCUT2D eigenvalue weighted by Crippen LogP contribution is 2.28. The fourth-order valence-corrected chi connectivity index (χ4v) is 2.52. The first kappa shape index (κ1) is 14.9. The van der Waals surface area contributed by atoms with Crippen LogP contribution in [0.15, 0.2) is 38.8 Å². The predicted molar refractivity (Wildman–Crippen MR) is 82.3 cm³/mol. The molecule has 0 radical (unpaired) electrons. The molecule has 0 saturated carbocycles. The average molecular weight is 361 g/mol. The van der Waals surface area contributed by atoms with Gasteiger partial charge in [-0.1, -0.05) is 50.4 Å². The molecule has 0 aliphatic rings. The van der Waals surface area contributed by atoms with Crippen molar-refractivity contribution in [1.29, 1.82) is 0 Å². The van der Waals surface area contributed by atoms with Crippen LogP contribution in [0.3, 0.4) is 0 Å². The quantitative estimate of drug-likeness (QED) is 0.710. The Morgan fingerprint density at radius 1 is 1.35 bits per heavy atom. The van der Waals surface area contributed by atoms with Crippen molar-refractivity contribution in [3.05, 3.63) is 44.4 Å². The van der Waals surface area contributed by atoms with Crippen molar-refractivity contribution < 1.29 is 0 Å². The van der Waals surface area contributed by atoms with Crippen molar-refractivity contribution in [3.8, 4) is 0 Å². The molecule has 0 aliphatic carbocycles. The first-order chi connectivity index (χ1) is 8.04. The second kappa shape index (κ2) is 7.34. The third-order valence-corrected chi connectivity index (χ3v) is 3.62. The first-order valence-electron chi connectivity index (χ1n) is 5.88. The summed E-state index contributed by atoms with van der Waals surface area (Å²) in [7, 11) is 0. The summed E-state index contributed by atoms with van der Waals surface area (Å²) in [4.78, 5) is 0. The number of allylic oxidation sites excluding steroid dienone is 1. The van der Waals surface area contributed by atoms with E-state index in [1.807, 2.05) is 6.07 Å². The van der Waals surface area contributed by atoms with Gasteiger partial charge >= 0.3 is 0 Å². The van der Waals surface area contributed by atoms with Gasteiger partial charge in [0, 0.05) is 8.95 Å². The molecule has 1 aromatic rings. The minimum atomic E-state index is 0.270. The van der Waals surface area contributed by atoms with Gasteiger partial charge in [0.2, 0.25) is 0 Å². The third kappa shape index (κ3) is 4.94. The summed E-state index contributed by atoms with van der Waals surface area (Å²) >= 11 is 7.15. The highest BCUT2D eigenvalue weighted by Gasteiger charge is 2.11. The molecule has 1 rings (SSSR count). The molecular formula is C14H19Br2N. The van der Waals surface area contributed by atoms with Gasteiger partial charge in [0.15, 0.2) is 0 Å². The summed E-state index contributed by atoms with van der Waals surface area (Å²) in [6.45, 7) is 7.47. The van der Waals surface area contributed by atoms with Crippen LogP contribution < -0.4 is 5.32 Å². The molecule has 0 amide bonds. The van der Waals surface area contributed by atoms with Gasteiger partial charge in [-0.25, -0.2) is 0 Å². The molecule has 0 aromatic heterocycles. The molecule has 0 bridgehead atoms. The lowest BCUT2D eigenvalue weighted by Crippen LogP contribution is -2.21. The van der Waals surface area contributed by atoms with E-state index >= 15 is 0 Å². The van der Waals surface area contributed by atoms with Crippen molar-refractivity contribution in [3.63, 3.8) is 0 Å². The third-order valence-electron chi connectivity index (χ3n) is 2.41. The zero-order valence-electron chi connectivity index (χ0n) is 10.6. The van der Waals surface area contributed by atoms with E-state index < -0.39 is 0 Å². The highest BCUT2D eigenvalue weighted by atomic mass is 79.9. The smallest absolute Gasteiger partial charge is 0.0520 e. The molecule has 0 fully saturated rings. The second-order valence-corrected chi connectivity index (χ2v) is 6.11. The highest BCUT2D eigenvalue weighted by molar-refractivity contribution is 9.11. The second-order valence-electron chi connectivity index (χ2n) is 4.34. The Morgan fingerprint density at radius 3 is 2.65 bits per heavy atom. The van der Waals surface area contributed by atoms with Crippen LogP contribution in [0, 0.1) is 0 Å². The van der Waals surface area contributed by atoms with Crippen molar-refractivity contribution >= 4 is 31.9 Å². The summed E-state index contributed by atoms with van der Waals surface area (Å²) in [5.41, 5.74) is 2.60. The summed E-state index contributed by atoms with van der Waals surface area (Å²) in [6, 6.07) is 6.56. The largest absolute Gasteiger partial charge is 0.307 e. The normalized spacial score (nSPS) is 12.3. The SMILES string of the molecule is CCCNC(C=C(C)C)c1cc(Br)ccc1Br. The van der Waals surface area contributed by atoms with Crippen LogP contribution in [0.5, 0.6) is 0 Å². The average Bonchev–Trinajstić information content (AvgIpc) is 2.27. The maximum atomic E-state index is 3.62. The molecule has 0 aliphatic heterocycles. The Labute approximate surface area is 121 Å². The predicted octanol–water partition coefficient (Wildman–Crippen LogP) is 5.22. The Bertz CT molecular complexity index is 395. The molecule has 17 heavy (non-hydrogen) atoms. The van der Waals surface area contributed by atoms with Crippen molar-refractivity contribution in [2.24, 2.45) is 0 Å². The van der Waals surface area contributed by atoms with Crippen LogP contribution in [0.1, 0.15) is 38.8 Å². The van der Waals surface area contributed by atoms with Gasteiger partial charge in [-0.05, 0) is 50.6 Å². The molecule has 1 nitrogen and oxygen atoms in total. The molecule has 1 N–H and O–H groups in total. The van der Waals surface area contributed by atoms with E-state index in [1.165, 1.54) is 11.1 Å². The van der Waals surface area contributed by atoms with Gasteiger partial charge < -0.3 is 5.32 Å². The van der Waals surface area contributed by atoms with Crippen molar-refractivity contribution in [1.82, 2.24) is 5.32 Å². The van der Waals surface area contributed by atoms with E-state index in [0.29, 0.717) is 0 Å². The molecule has 0 saturated heterocycles. The van der Waals surface area contributed by atoms with E-state index in [1.54, 1.807) is 0 Å². The fourth-order valence-electron chi connectivity index (χ4n) is 1.64. The molecule has 94 valence electrons. The van der Waals surface area contributed by atoms with E-state index in [4.69, 9.17) is 0 Å². The van der Waals surface area contributed by atoms with E-state index in [9.17, 15) is 0 Å². The number of hydrogen-bond donors (Lipinski definition) is 1.